The molecule has 0 spiro atoms. The molecule has 0 aromatic heterocycles. The number of benzene rings is 1. The number of rotatable bonds is 2. The fourth-order valence-electron chi connectivity index (χ4n) is 0.822. The molecule has 1 rings (SSSR count). The second-order valence-electron chi connectivity index (χ2n) is 2.24. The van der Waals surface area contributed by atoms with Gasteiger partial charge in [-0.3, -0.25) is 4.79 Å². The number of nitrogens with two attached hydrogens (primary N) is 1. The van der Waals surface area contributed by atoms with E-state index in [1.807, 2.05) is 24.3 Å². The zero-order valence-electron chi connectivity index (χ0n) is 7.11. The van der Waals surface area contributed by atoms with Gasteiger partial charge in [-0.2, -0.15) is 0 Å². The lowest BCUT2D eigenvalue weighted by Gasteiger charge is -1.96. The quantitative estimate of drug-likeness (QED) is 0.701. The predicted molar refractivity (Wildman–Crippen MR) is 52.5 cm³/mol. The Balaban J connectivity index is 0.000000424. The minimum Gasteiger partial charge on any atom is -0.396 e. The van der Waals surface area contributed by atoms with E-state index >= 15 is 0 Å². The molecule has 0 aliphatic rings. The van der Waals surface area contributed by atoms with E-state index in [0.29, 0.717) is 6.42 Å². The molecule has 1 amide bonds. The first-order valence-corrected chi connectivity index (χ1v) is 4.13. The summed E-state index contributed by atoms with van der Waals surface area (Å²) < 4.78 is 0. The highest BCUT2D eigenvalue weighted by Gasteiger charge is 1.90. The second kappa shape index (κ2) is 7.58. The molecule has 1 aromatic carbocycles. The summed E-state index contributed by atoms with van der Waals surface area (Å²) in [6.07, 6.45) is 0.931. The van der Waals surface area contributed by atoms with Crippen LogP contribution in [0.25, 0.3) is 0 Å². The van der Waals surface area contributed by atoms with Crippen LogP contribution >= 0.6 is 11.6 Å². The molecule has 3 nitrogen and oxygen atoms in total. The van der Waals surface area contributed by atoms with Crippen molar-refractivity contribution in [2.45, 2.75) is 6.42 Å². The normalized spacial score (nSPS) is 8.46. The summed E-state index contributed by atoms with van der Waals surface area (Å²) in [6, 6.07) is 7.51. The van der Waals surface area contributed by atoms with Crippen LogP contribution in [0.15, 0.2) is 24.3 Å². The lowest BCUT2D eigenvalue weighted by atomic mass is 10.2. The number of hydrogen-bond donors (Lipinski definition) is 2. The molecule has 0 saturated heterocycles. The zero-order chi connectivity index (χ0) is 10.1. The average molecular weight is 202 g/mol. The van der Waals surface area contributed by atoms with Crippen LogP contribution < -0.4 is 5.73 Å². The lowest BCUT2D eigenvalue weighted by molar-refractivity contribution is -0.106. The van der Waals surface area contributed by atoms with Gasteiger partial charge < -0.3 is 10.8 Å². The van der Waals surface area contributed by atoms with Gasteiger partial charge in [-0.05, 0) is 24.1 Å². The first kappa shape index (κ1) is 11.9. The van der Waals surface area contributed by atoms with E-state index in [0.717, 1.165) is 10.6 Å². The van der Waals surface area contributed by atoms with Crippen molar-refractivity contribution < 1.29 is 9.90 Å². The molecule has 3 N–H and O–H groups in total. The molecule has 72 valence electrons. The molecule has 0 atom stereocenters. The minimum atomic E-state index is 0.181. The number of carbonyl (C=O) groups is 1. The van der Waals surface area contributed by atoms with E-state index in [1.54, 1.807) is 0 Å². The number of hydrogen-bond acceptors (Lipinski definition) is 2. The third-order valence-corrected chi connectivity index (χ3v) is 1.52. The van der Waals surface area contributed by atoms with Crippen molar-refractivity contribution >= 4 is 18.0 Å². The van der Waals surface area contributed by atoms with Crippen LogP contribution in [0.3, 0.4) is 0 Å². The maximum atomic E-state index is 8.58. The van der Waals surface area contributed by atoms with Gasteiger partial charge in [0, 0.05) is 11.6 Å². The Hall–Kier alpha value is -1.06. The minimum absolute atomic E-state index is 0.181. The van der Waals surface area contributed by atoms with Crippen LogP contribution in [-0.2, 0) is 11.2 Å². The largest absolute Gasteiger partial charge is 0.396 e. The van der Waals surface area contributed by atoms with Gasteiger partial charge in [0.15, 0.2) is 0 Å². The Bertz CT molecular complexity index is 253. The van der Waals surface area contributed by atoms with E-state index < -0.39 is 0 Å². The van der Waals surface area contributed by atoms with Gasteiger partial charge in [0.05, 0.1) is 0 Å². The number of halogens is 1. The number of amides is 1. The van der Waals surface area contributed by atoms with Crippen LogP contribution in [0, 0.1) is 0 Å². The predicted octanol–water partition coefficient (Wildman–Crippen LogP) is 0.976. The van der Waals surface area contributed by atoms with E-state index in [9.17, 15) is 0 Å². The highest BCUT2D eigenvalue weighted by atomic mass is 35.5. The molecule has 0 saturated carbocycles. The Kier molecular flexibility index (Phi) is 6.96. The summed E-state index contributed by atoms with van der Waals surface area (Å²) in [5, 5.41) is 9.30. The molecule has 0 fully saturated rings. The summed E-state index contributed by atoms with van der Waals surface area (Å²) in [4.78, 5) is 8.58. The van der Waals surface area contributed by atoms with Crippen LogP contribution in [-0.4, -0.2) is 18.1 Å². The summed E-state index contributed by atoms with van der Waals surface area (Å²) in [7, 11) is 0. The van der Waals surface area contributed by atoms with Gasteiger partial charge in [0.1, 0.15) is 0 Å². The topological polar surface area (TPSA) is 63.3 Å². The summed E-state index contributed by atoms with van der Waals surface area (Å²) in [6.45, 7) is 0.181. The highest BCUT2D eigenvalue weighted by Crippen LogP contribution is 2.10. The van der Waals surface area contributed by atoms with Crippen molar-refractivity contribution in [1.82, 2.24) is 0 Å². The van der Waals surface area contributed by atoms with Gasteiger partial charge in [-0.15, -0.1) is 0 Å². The number of primary amides is 1. The maximum Gasteiger partial charge on any atom is 0.204 e. The van der Waals surface area contributed by atoms with Gasteiger partial charge in [-0.1, -0.05) is 23.7 Å². The smallest absolute Gasteiger partial charge is 0.204 e. The molecule has 4 heteroatoms. The second-order valence-corrected chi connectivity index (χ2v) is 2.68. The summed E-state index contributed by atoms with van der Waals surface area (Å²) in [5.74, 6) is 0. The molecule has 0 aliphatic heterocycles. The molecule has 0 bridgehead atoms. The monoisotopic (exact) mass is 201 g/mol. The van der Waals surface area contributed by atoms with Gasteiger partial charge in [0.25, 0.3) is 0 Å². The van der Waals surface area contributed by atoms with Crippen LogP contribution in [0.2, 0.25) is 5.02 Å². The van der Waals surface area contributed by atoms with Crippen molar-refractivity contribution in [3.05, 3.63) is 34.9 Å². The Morgan fingerprint density at radius 2 is 2.15 bits per heavy atom. The number of carbonyl (C=O) groups excluding carboxylic acids is 1. The molecule has 0 unspecified atom stereocenters. The van der Waals surface area contributed by atoms with Gasteiger partial charge in [-0.25, -0.2) is 0 Å². The molecule has 0 aliphatic carbocycles. The van der Waals surface area contributed by atoms with E-state index in [1.165, 1.54) is 0 Å². The lowest BCUT2D eigenvalue weighted by Crippen LogP contribution is -1.88. The first-order valence-electron chi connectivity index (χ1n) is 3.75. The molecule has 0 heterocycles. The third-order valence-electron chi connectivity index (χ3n) is 1.29. The number of aliphatic hydroxyl groups excluding tert-OH is 1. The zero-order valence-corrected chi connectivity index (χ0v) is 7.87. The Morgan fingerprint density at radius 1 is 1.54 bits per heavy atom. The molecular weight excluding hydrogens is 190 g/mol. The third kappa shape index (κ3) is 6.13. The van der Waals surface area contributed by atoms with Crippen molar-refractivity contribution in [3.8, 4) is 0 Å². The van der Waals surface area contributed by atoms with Gasteiger partial charge >= 0.3 is 0 Å². The van der Waals surface area contributed by atoms with Gasteiger partial charge in [0.2, 0.25) is 6.41 Å². The van der Waals surface area contributed by atoms with Crippen molar-refractivity contribution in [3.63, 3.8) is 0 Å². The van der Waals surface area contributed by atoms with Crippen molar-refractivity contribution in [1.29, 1.82) is 0 Å². The SMILES string of the molecule is NC=O.OCCc1cccc(Cl)c1. The molecular formula is C9H12ClNO2. The van der Waals surface area contributed by atoms with E-state index in [2.05, 4.69) is 5.73 Å². The first-order chi connectivity index (χ1) is 6.24. The molecule has 1 aromatic rings. The van der Waals surface area contributed by atoms with Crippen LogP contribution in [0.1, 0.15) is 5.56 Å². The average Bonchev–Trinajstić information content (AvgIpc) is 2.06. The Morgan fingerprint density at radius 3 is 2.62 bits per heavy atom. The summed E-state index contributed by atoms with van der Waals surface area (Å²) in [5.41, 5.74) is 5.25. The van der Waals surface area contributed by atoms with E-state index in [4.69, 9.17) is 21.5 Å². The fourth-order valence-corrected chi connectivity index (χ4v) is 1.03. The maximum absolute atomic E-state index is 8.58. The fraction of sp³-hybridized carbons (Fsp3) is 0.222. The van der Waals surface area contributed by atoms with Crippen LogP contribution in [0.5, 0.6) is 0 Å². The number of aliphatic hydroxyl groups is 1. The Labute approximate surface area is 82.1 Å². The molecule has 13 heavy (non-hydrogen) atoms. The highest BCUT2D eigenvalue weighted by molar-refractivity contribution is 6.30. The van der Waals surface area contributed by atoms with Crippen LogP contribution in [0.4, 0.5) is 0 Å². The van der Waals surface area contributed by atoms with Crippen molar-refractivity contribution in [2.75, 3.05) is 6.61 Å². The standard InChI is InChI=1S/C8H9ClO.CH3NO/c9-8-3-1-2-7(6-8)4-5-10;2-1-3/h1-3,6,10H,4-5H2;1H,(H2,2,3). The molecule has 0 radical (unpaired) electrons. The van der Waals surface area contributed by atoms with E-state index in [-0.39, 0.29) is 13.0 Å². The van der Waals surface area contributed by atoms with Crippen molar-refractivity contribution in [2.24, 2.45) is 5.73 Å². The summed E-state index contributed by atoms with van der Waals surface area (Å²) >= 11 is 5.70.